The first-order valence-electron chi connectivity index (χ1n) is 6.12. The number of aliphatic hydroxyl groups excluding tert-OH is 1. The van der Waals surface area contributed by atoms with Crippen molar-refractivity contribution in [1.82, 2.24) is 4.98 Å². The predicted molar refractivity (Wildman–Crippen MR) is 75.5 cm³/mol. The molecule has 0 fully saturated rings. The van der Waals surface area contributed by atoms with Gasteiger partial charge in [-0.2, -0.15) is 0 Å². The van der Waals surface area contributed by atoms with Crippen molar-refractivity contribution in [2.45, 2.75) is 26.1 Å². The Morgan fingerprint density at radius 3 is 2.37 bits per heavy atom. The Labute approximate surface area is 117 Å². The van der Waals surface area contributed by atoms with Crippen LogP contribution >= 0.6 is 11.6 Å². The van der Waals surface area contributed by atoms with Gasteiger partial charge in [-0.15, -0.1) is 0 Å². The van der Waals surface area contributed by atoms with E-state index in [1.807, 2.05) is 38.1 Å². The molecule has 0 radical (unpaired) electrons. The van der Waals surface area contributed by atoms with Gasteiger partial charge in [-0.25, -0.2) is 4.98 Å². The number of aliphatic hydroxyl groups is 1. The summed E-state index contributed by atoms with van der Waals surface area (Å²) in [6.45, 7) is 3.95. The van der Waals surface area contributed by atoms with E-state index in [2.05, 4.69) is 4.98 Å². The molecule has 1 atom stereocenters. The van der Waals surface area contributed by atoms with Crippen LogP contribution in [0.3, 0.4) is 0 Å². The molecule has 0 aliphatic carbocycles. The molecule has 1 aromatic heterocycles. The van der Waals surface area contributed by atoms with Gasteiger partial charge < -0.3 is 9.84 Å². The number of nitrogens with zero attached hydrogens (tertiary/aromatic N) is 1. The summed E-state index contributed by atoms with van der Waals surface area (Å²) in [6, 6.07) is 10.8. The summed E-state index contributed by atoms with van der Waals surface area (Å²) >= 11 is 5.82. The summed E-state index contributed by atoms with van der Waals surface area (Å²) in [6.07, 6.45) is 1.00. The number of benzene rings is 1. The van der Waals surface area contributed by atoms with E-state index in [9.17, 15) is 5.11 Å². The highest BCUT2D eigenvalue weighted by Crippen LogP contribution is 2.25. The highest BCUT2D eigenvalue weighted by atomic mass is 35.5. The SMILES string of the molecule is CC(C)Oc1ccc(C(O)c2ccnc(Cl)c2)cc1. The first-order chi connectivity index (χ1) is 9.06. The fraction of sp³-hybridized carbons (Fsp3) is 0.267. The average molecular weight is 278 g/mol. The van der Waals surface area contributed by atoms with Crippen molar-refractivity contribution in [2.75, 3.05) is 0 Å². The molecule has 0 bridgehead atoms. The topological polar surface area (TPSA) is 42.4 Å². The maximum absolute atomic E-state index is 10.3. The van der Waals surface area contributed by atoms with Gasteiger partial charge in [0.25, 0.3) is 0 Å². The zero-order chi connectivity index (χ0) is 13.8. The predicted octanol–water partition coefficient (Wildman–Crippen LogP) is 3.60. The Hall–Kier alpha value is -1.58. The summed E-state index contributed by atoms with van der Waals surface area (Å²) in [4.78, 5) is 3.90. The van der Waals surface area contributed by atoms with Crippen LogP contribution in [0.25, 0.3) is 0 Å². The Morgan fingerprint density at radius 1 is 1.11 bits per heavy atom. The largest absolute Gasteiger partial charge is 0.491 e. The second kappa shape index (κ2) is 6.04. The van der Waals surface area contributed by atoms with Gasteiger partial charge in [-0.05, 0) is 49.2 Å². The molecule has 0 saturated carbocycles. The highest BCUT2D eigenvalue weighted by Gasteiger charge is 2.11. The summed E-state index contributed by atoms with van der Waals surface area (Å²) in [5.41, 5.74) is 1.51. The molecule has 2 rings (SSSR count). The van der Waals surface area contributed by atoms with Gasteiger partial charge in [-0.1, -0.05) is 23.7 Å². The van der Waals surface area contributed by atoms with Gasteiger partial charge in [0.15, 0.2) is 0 Å². The lowest BCUT2D eigenvalue weighted by Crippen LogP contribution is -2.06. The van der Waals surface area contributed by atoms with E-state index in [4.69, 9.17) is 16.3 Å². The van der Waals surface area contributed by atoms with Crippen LogP contribution in [0.4, 0.5) is 0 Å². The van der Waals surface area contributed by atoms with Crippen molar-refractivity contribution < 1.29 is 9.84 Å². The van der Waals surface area contributed by atoms with E-state index in [1.54, 1.807) is 18.3 Å². The third kappa shape index (κ3) is 3.69. The van der Waals surface area contributed by atoms with E-state index in [0.29, 0.717) is 5.15 Å². The first kappa shape index (κ1) is 13.8. The lowest BCUT2D eigenvalue weighted by Gasteiger charge is -2.13. The third-order valence-electron chi connectivity index (χ3n) is 2.63. The molecule has 1 unspecified atom stereocenters. The number of ether oxygens (including phenoxy) is 1. The van der Waals surface area contributed by atoms with Crippen molar-refractivity contribution in [2.24, 2.45) is 0 Å². The Balaban J connectivity index is 2.17. The van der Waals surface area contributed by atoms with Gasteiger partial charge in [0.2, 0.25) is 0 Å². The monoisotopic (exact) mass is 277 g/mol. The van der Waals surface area contributed by atoms with Crippen molar-refractivity contribution in [3.05, 3.63) is 58.9 Å². The second-order valence-corrected chi connectivity index (χ2v) is 4.94. The minimum atomic E-state index is -0.714. The number of rotatable bonds is 4. The van der Waals surface area contributed by atoms with Gasteiger partial charge in [-0.3, -0.25) is 0 Å². The molecule has 2 aromatic rings. The van der Waals surface area contributed by atoms with Gasteiger partial charge in [0.1, 0.15) is 17.0 Å². The highest BCUT2D eigenvalue weighted by molar-refractivity contribution is 6.29. The smallest absolute Gasteiger partial charge is 0.129 e. The van der Waals surface area contributed by atoms with Gasteiger partial charge in [0, 0.05) is 6.20 Å². The zero-order valence-corrected chi connectivity index (χ0v) is 11.6. The lowest BCUT2D eigenvalue weighted by atomic mass is 10.0. The maximum Gasteiger partial charge on any atom is 0.129 e. The third-order valence-corrected chi connectivity index (χ3v) is 2.84. The molecular weight excluding hydrogens is 262 g/mol. The molecule has 19 heavy (non-hydrogen) atoms. The van der Waals surface area contributed by atoms with Crippen LogP contribution in [0.15, 0.2) is 42.6 Å². The van der Waals surface area contributed by atoms with Crippen LogP contribution < -0.4 is 4.74 Å². The van der Waals surface area contributed by atoms with E-state index < -0.39 is 6.10 Å². The van der Waals surface area contributed by atoms with E-state index in [0.717, 1.165) is 16.9 Å². The van der Waals surface area contributed by atoms with Crippen LogP contribution in [0.1, 0.15) is 31.1 Å². The molecule has 100 valence electrons. The fourth-order valence-corrected chi connectivity index (χ4v) is 1.96. The van der Waals surface area contributed by atoms with Gasteiger partial charge >= 0.3 is 0 Å². The molecule has 4 heteroatoms. The molecule has 1 heterocycles. The molecule has 0 saturated heterocycles. The van der Waals surface area contributed by atoms with Gasteiger partial charge in [0.05, 0.1) is 6.10 Å². The van der Waals surface area contributed by atoms with E-state index >= 15 is 0 Å². The standard InChI is InChI=1S/C15H16ClNO2/c1-10(2)19-13-5-3-11(4-6-13)15(18)12-7-8-17-14(16)9-12/h3-10,15,18H,1-2H3. The number of halogens is 1. The Bertz CT molecular complexity index is 540. The Morgan fingerprint density at radius 2 is 1.79 bits per heavy atom. The molecule has 0 spiro atoms. The second-order valence-electron chi connectivity index (χ2n) is 4.55. The van der Waals surface area contributed by atoms with E-state index in [-0.39, 0.29) is 6.10 Å². The molecule has 1 N–H and O–H groups in total. The summed E-state index contributed by atoms with van der Waals surface area (Å²) in [5, 5.41) is 10.6. The molecular formula is C15H16ClNO2. The lowest BCUT2D eigenvalue weighted by molar-refractivity contribution is 0.219. The van der Waals surface area contributed by atoms with Crippen LogP contribution in [0, 0.1) is 0 Å². The average Bonchev–Trinajstić information content (AvgIpc) is 2.38. The number of aromatic nitrogens is 1. The maximum atomic E-state index is 10.3. The number of hydrogen-bond donors (Lipinski definition) is 1. The first-order valence-corrected chi connectivity index (χ1v) is 6.50. The van der Waals surface area contributed by atoms with E-state index in [1.165, 1.54) is 0 Å². The molecule has 3 nitrogen and oxygen atoms in total. The van der Waals surface area contributed by atoms with Crippen molar-refractivity contribution in [3.8, 4) is 5.75 Å². The molecule has 0 amide bonds. The van der Waals surface area contributed by atoms with Crippen LogP contribution in [-0.2, 0) is 0 Å². The summed E-state index contributed by atoms with van der Waals surface area (Å²) in [5.74, 6) is 0.790. The normalized spacial score (nSPS) is 12.5. The van der Waals surface area contributed by atoms with Crippen molar-refractivity contribution in [3.63, 3.8) is 0 Å². The minimum Gasteiger partial charge on any atom is -0.491 e. The minimum absolute atomic E-state index is 0.134. The quantitative estimate of drug-likeness (QED) is 0.868. The van der Waals surface area contributed by atoms with Crippen LogP contribution in [0.2, 0.25) is 5.15 Å². The number of hydrogen-bond acceptors (Lipinski definition) is 3. The fourth-order valence-electron chi connectivity index (χ4n) is 1.78. The van der Waals surface area contributed by atoms with Crippen LogP contribution in [-0.4, -0.2) is 16.2 Å². The Kier molecular flexibility index (Phi) is 4.40. The van der Waals surface area contributed by atoms with Crippen molar-refractivity contribution in [1.29, 1.82) is 0 Å². The molecule has 0 aliphatic rings. The van der Waals surface area contributed by atoms with Crippen molar-refractivity contribution >= 4 is 11.6 Å². The molecule has 1 aromatic carbocycles. The number of pyridine rings is 1. The van der Waals surface area contributed by atoms with Crippen LogP contribution in [0.5, 0.6) is 5.75 Å². The molecule has 0 aliphatic heterocycles. The summed E-state index contributed by atoms with van der Waals surface area (Å²) in [7, 11) is 0. The summed E-state index contributed by atoms with van der Waals surface area (Å²) < 4.78 is 5.56. The zero-order valence-electron chi connectivity index (χ0n) is 10.9.